The summed E-state index contributed by atoms with van der Waals surface area (Å²) in [7, 11) is 1.42. The number of aliphatic hydroxyl groups excluding tert-OH is 1. The van der Waals surface area contributed by atoms with Gasteiger partial charge in [-0.15, -0.1) is 0 Å². The molecule has 0 bridgehead atoms. The fourth-order valence-electron chi connectivity index (χ4n) is 1.98. The highest BCUT2D eigenvalue weighted by molar-refractivity contribution is 6.88. The van der Waals surface area contributed by atoms with Crippen molar-refractivity contribution in [3.05, 3.63) is 17.7 Å². The minimum absolute atomic E-state index is 0.202. The summed E-state index contributed by atoms with van der Waals surface area (Å²) in [4.78, 5) is 11.8. The van der Waals surface area contributed by atoms with Gasteiger partial charge in [-0.05, 0) is 19.1 Å². The van der Waals surface area contributed by atoms with Crippen LogP contribution in [-0.2, 0) is 9.53 Å². The van der Waals surface area contributed by atoms with Crippen LogP contribution in [0.5, 0.6) is 11.5 Å². The van der Waals surface area contributed by atoms with Crippen LogP contribution in [0.2, 0.25) is 19.6 Å². The molecule has 1 N–H and O–H groups in total. The lowest BCUT2D eigenvalue weighted by Crippen LogP contribution is -2.38. The maximum absolute atomic E-state index is 11.8. The third-order valence-electron chi connectivity index (χ3n) is 3.19. The highest BCUT2D eigenvalue weighted by Crippen LogP contribution is 2.34. The van der Waals surface area contributed by atoms with Gasteiger partial charge in [-0.25, -0.2) is 4.79 Å². The first kappa shape index (κ1) is 17.5. The van der Waals surface area contributed by atoms with Crippen LogP contribution in [0.15, 0.2) is 12.1 Å². The van der Waals surface area contributed by atoms with E-state index >= 15 is 0 Å². The van der Waals surface area contributed by atoms with Crippen LogP contribution in [0, 0.1) is 0 Å². The molecule has 0 heterocycles. The number of methoxy groups -OCH3 is 2. The Morgan fingerprint density at radius 2 is 1.67 bits per heavy atom. The molecule has 0 aromatic heterocycles. The van der Waals surface area contributed by atoms with E-state index in [0.29, 0.717) is 17.1 Å². The number of ether oxygens (including phenoxy) is 3. The number of esters is 1. The molecule has 1 aromatic rings. The smallest absolute Gasteiger partial charge is 0.339 e. The summed E-state index contributed by atoms with van der Waals surface area (Å²) < 4.78 is 15.6. The van der Waals surface area contributed by atoms with Crippen molar-refractivity contribution >= 4 is 19.2 Å². The van der Waals surface area contributed by atoms with Crippen LogP contribution in [-0.4, -0.2) is 40.0 Å². The summed E-state index contributed by atoms with van der Waals surface area (Å²) in [6.07, 6.45) is -1.43. The second-order valence-corrected chi connectivity index (χ2v) is 10.8. The van der Waals surface area contributed by atoms with E-state index in [9.17, 15) is 9.90 Å². The average Bonchev–Trinajstić information content (AvgIpc) is 2.44. The molecule has 0 fully saturated rings. The topological polar surface area (TPSA) is 65.0 Å². The van der Waals surface area contributed by atoms with Gasteiger partial charge in [0.15, 0.2) is 6.10 Å². The van der Waals surface area contributed by atoms with Gasteiger partial charge < -0.3 is 19.3 Å². The molecule has 118 valence electrons. The van der Waals surface area contributed by atoms with Crippen molar-refractivity contribution < 1.29 is 24.1 Å². The normalized spacial score (nSPS) is 12.7. The third kappa shape index (κ3) is 3.98. The predicted octanol–water partition coefficient (Wildman–Crippen LogP) is 1.85. The summed E-state index contributed by atoms with van der Waals surface area (Å²) in [6, 6.07) is 3.74. The first-order valence-electron chi connectivity index (χ1n) is 6.87. The van der Waals surface area contributed by atoms with Gasteiger partial charge in [0.1, 0.15) is 11.5 Å². The first-order chi connectivity index (χ1) is 9.76. The van der Waals surface area contributed by atoms with E-state index in [0.717, 1.165) is 5.19 Å². The van der Waals surface area contributed by atoms with Crippen LogP contribution >= 0.6 is 0 Å². The van der Waals surface area contributed by atoms with E-state index in [2.05, 4.69) is 19.6 Å². The molecule has 0 unspecified atom stereocenters. The standard InChI is InChI=1S/C15H24O5Si/c1-7-20-15(17)14(16)13-11(18-2)8-10(21(4,5)6)9-12(13)19-3/h8-9,14,16H,7H2,1-6H3/t14-/m1/s1. The van der Waals surface area contributed by atoms with Gasteiger partial charge in [0.25, 0.3) is 0 Å². The molecule has 1 rings (SSSR count). The molecule has 6 heteroatoms. The molecule has 1 aromatic carbocycles. The summed E-state index contributed by atoms with van der Waals surface area (Å²) in [5.74, 6) is 0.162. The van der Waals surface area contributed by atoms with E-state index in [1.807, 2.05) is 12.1 Å². The van der Waals surface area contributed by atoms with Gasteiger partial charge >= 0.3 is 5.97 Å². The lowest BCUT2D eigenvalue weighted by molar-refractivity contribution is -0.153. The Balaban J connectivity index is 3.40. The van der Waals surface area contributed by atoms with Crippen molar-refractivity contribution in [2.75, 3.05) is 20.8 Å². The summed E-state index contributed by atoms with van der Waals surface area (Å²) in [5, 5.41) is 11.3. The molecule has 0 radical (unpaired) electrons. The zero-order valence-electron chi connectivity index (χ0n) is 13.5. The minimum atomic E-state index is -1.59. The summed E-state index contributed by atoms with van der Waals surface area (Å²) in [5.41, 5.74) is 0.306. The second kappa shape index (κ2) is 6.95. The van der Waals surface area contributed by atoms with Gasteiger partial charge in [0.2, 0.25) is 0 Å². The second-order valence-electron chi connectivity index (χ2n) is 5.70. The monoisotopic (exact) mass is 312 g/mol. The first-order valence-corrected chi connectivity index (χ1v) is 10.4. The molecule has 0 amide bonds. The van der Waals surface area contributed by atoms with E-state index in [-0.39, 0.29) is 6.61 Å². The molecule has 0 aliphatic heterocycles. The fraction of sp³-hybridized carbons (Fsp3) is 0.533. The zero-order chi connectivity index (χ0) is 16.2. The third-order valence-corrected chi connectivity index (χ3v) is 5.21. The number of benzene rings is 1. The van der Waals surface area contributed by atoms with Crippen molar-refractivity contribution in [3.8, 4) is 11.5 Å². The Hall–Kier alpha value is -1.53. The number of aliphatic hydroxyl groups is 1. The molecule has 21 heavy (non-hydrogen) atoms. The van der Waals surface area contributed by atoms with Crippen LogP contribution in [0.3, 0.4) is 0 Å². The molecule has 0 spiro atoms. The summed E-state index contributed by atoms with van der Waals surface area (Å²) >= 11 is 0. The van der Waals surface area contributed by atoms with Crippen LogP contribution < -0.4 is 14.7 Å². The molecule has 0 saturated heterocycles. The van der Waals surface area contributed by atoms with E-state index < -0.39 is 20.1 Å². The van der Waals surface area contributed by atoms with Gasteiger partial charge in [-0.2, -0.15) is 0 Å². The fourth-order valence-corrected chi connectivity index (χ4v) is 3.11. The van der Waals surface area contributed by atoms with Gasteiger partial charge in [0, 0.05) is 0 Å². The van der Waals surface area contributed by atoms with Gasteiger partial charge in [-0.3, -0.25) is 0 Å². The molecular weight excluding hydrogens is 288 g/mol. The van der Waals surface area contributed by atoms with Crippen molar-refractivity contribution in [1.82, 2.24) is 0 Å². The summed E-state index contributed by atoms with van der Waals surface area (Å²) in [6.45, 7) is 8.48. The Kier molecular flexibility index (Phi) is 5.80. The van der Waals surface area contributed by atoms with E-state index in [1.54, 1.807) is 6.92 Å². The maximum Gasteiger partial charge on any atom is 0.339 e. The van der Waals surface area contributed by atoms with Gasteiger partial charge in [-0.1, -0.05) is 24.8 Å². The van der Waals surface area contributed by atoms with Crippen molar-refractivity contribution in [2.45, 2.75) is 32.7 Å². The van der Waals surface area contributed by atoms with Crippen molar-refractivity contribution in [3.63, 3.8) is 0 Å². The molecule has 5 nitrogen and oxygen atoms in total. The van der Waals surface area contributed by atoms with E-state index in [4.69, 9.17) is 14.2 Å². The molecule has 0 aliphatic carbocycles. The number of hydrogen-bond donors (Lipinski definition) is 1. The Labute approximate surface area is 126 Å². The zero-order valence-corrected chi connectivity index (χ0v) is 14.5. The molecule has 0 aliphatic rings. The SMILES string of the molecule is CCOC(=O)[C@H](O)c1c(OC)cc([Si](C)(C)C)cc1OC. The highest BCUT2D eigenvalue weighted by atomic mass is 28.3. The predicted molar refractivity (Wildman–Crippen MR) is 84.1 cm³/mol. The Morgan fingerprint density at radius 3 is 2.00 bits per heavy atom. The molecule has 0 saturated carbocycles. The number of carbonyl (C=O) groups is 1. The Bertz CT molecular complexity index is 482. The van der Waals surface area contributed by atoms with Gasteiger partial charge in [0.05, 0.1) is 34.5 Å². The number of hydrogen-bond acceptors (Lipinski definition) is 5. The number of carbonyl (C=O) groups excluding carboxylic acids is 1. The van der Waals surface area contributed by atoms with Crippen LogP contribution in [0.25, 0.3) is 0 Å². The highest BCUT2D eigenvalue weighted by Gasteiger charge is 2.29. The lowest BCUT2D eigenvalue weighted by atomic mass is 10.1. The maximum atomic E-state index is 11.8. The lowest BCUT2D eigenvalue weighted by Gasteiger charge is -2.23. The average molecular weight is 312 g/mol. The van der Waals surface area contributed by atoms with Crippen LogP contribution in [0.4, 0.5) is 0 Å². The van der Waals surface area contributed by atoms with Crippen LogP contribution in [0.1, 0.15) is 18.6 Å². The van der Waals surface area contributed by atoms with E-state index in [1.165, 1.54) is 14.2 Å². The quantitative estimate of drug-likeness (QED) is 0.641. The largest absolute Gasteiger partial charge is 0.496 e. The van der Waals surface area contributed by atoms with Crippen molar-refractivity contribution in [1.29, 1.82) is 0 Å². The van der Waals surface area contributed by atoms with Crippen molar-refractivity contribution in [2.24, 2.45) is 0 Å². The Morgan fingerprint density at radius 1 is 1.19 bits per heavy atom. The minimum Gasteiger partial charge on any atom is -0.496 e. The molecular formula is C15H24O5Si. The number of rotatable bonds is 6. The molecule has 1 atom stereocenters.